The Morgan fingerprint density at radius 3 is 1.88 bits per heavy atom. The summed E-state index contributed by atoms with van der Waals surface area (Å²) < 4.78 is 16.0. The molecule has 0 unspecified atom stereocenters. The van der Waals surface area contributed by atoms with Crippen LogP contribution in [-0.4, -0.2) is 25.2 Å². The van der Waals surface area contributed by atoms with Crippen molar-refractivity contribution in [2.45, 2.75) is 13.8 Å². The maximum atomic E-state index is 11.7. The van der Waals surface area contributed by atoms with E-state index in [4.69, 9.17) is 14.2 Å². The molecule has 0 N–H and O–H groups in total. The first-order valence-corrected chi connectivity index (χ1v) is 10.5. The van der Waals surface area contributed by atoms with Crippen molar-refractivity contribution in [1.82, 2.24) is 0 Å². The van der Waals surface area contributed by atoms with Crippen molar-refractivity contribution in [3.63, 3.8) is 0 Å². The van der Waals surface area contributed by atoms with Crippen molar-refractivity contribution >= 4 is 11.9 Å². The van der Waals surface area contributed by atoms with E-state index in [2.05, 4.69) is 19.2 Å². The van der Waals surface area contributed by atoms with Crippen LogP contribution in [0.1, 0.15) is 13.8 Å². The molecule has 168 valence electrons. The van der Waals surface area contributed by atoms with Crippen LogP contribution in [0.4, 0.5) is 0 Å². The second kappa shape index (κ2) is 11.0. The molecule has 0 radical (unpaired) electrons. The Bertz CT molecular complexity index is 1170. The molecule has 3 aromatic carbocycles. The van der Waals surface area contributed by atoms with Gasteiger partial charge in [0.2, 0.25) is 0 Å². The molecule has 0 heterocycles. The monoisotopic (exact) mass is 442 g/mol. The highest BCUT2D eigenvalue weighted by Gasteiger charge is 2.07. The van der Waals surface area contributed by atoms with Crippen molar-refractivity contribution in [2.24, 2.45) is 0 Å². The maximum absolute atomic E-state index is 11.7. The van der Waals surface area contributed by atoms with Crippen molar-refractivity contribution < 1.29 is 23.8 Å². The van der Waals surface area contributed by atoms with Crippen LogP contribution in [0.15, 0.2) is 97.1 Å². The second-order valence-electron chi connectivity index (χ2n) is 7.57. The molecule has 0 aliphatic heterocycles. The molecule has 0 aliphatic carbocycles. The minimum Gasteiger partial charge on any atom is -0.490 e. The number of esters is 2. The van der Waals surface area contributed by atoms with Gasteiger partial charge in [0.1, 0.15) is 24.7 Å². The molecule has 0 aromatic heterocycles. The Morgan fingerprint density at radius 2 is 1.24 bits per heavy atom. The number of hydrogen-bond donors (Lipinski definition) is 0. The summed E-state index contributed by atoms with van der Waals surface area (Å²) in [6.07, 6.45) is 0. The SMILES string of the molecule is C=C(C)C(=O)OCCOc1cccc(-c2cccc(-c3ccc(OC(=O)C(=C)C)cc3)c2)c1. The van der Waals surface area contributed by atoms with E-state index < -0.39 is 11.9 Å². The summed E-state index contributed by atoms with van der Waals surface area (Å²) in [4.78, 5) is 23.1. The maximum Gasteiger partial charge on any atom is 0.338 e. The Morgan fingerprint density at radius 1 is 0.667 bits per heavy atom. The molecular weight excluding hydrogens is 416 g/mol. The third-order valence-electron chi connectivity index (χ3n) is 4.71. The molecule has 0 atom stereocenters. The van der Waals surface area contributed by atoms with Gasteiger partial charge in [-0.2, -0.15) is 0 Å². The van der Waals surface area contributed by atoms with E-state index in [1.807, 2.05) is 54.6 Å². The average molecular weight is 443 g/mol. The minimum absolute atomic E-state index is 0.156. The normalized spacial score (nSPS) is 10.2. The van der Waals surface area contributed by atoms with Crippen LogP contribution in [0, 0.1) is 0 Å². The number of benzene rings is 3. The standard InChI is InChI=1S/C28H26O5/c1-19(2)27(29)32-16-15-31-26-10-6-9-24(18-26)23-8-5-7-22(17-23)21-11-13-25(14-12-21)33-28(30)20(3)4/h5-14,17-18H,1,3,15-16H2,2,4H3. The van der Waals surface area contributed by atoms with Crippen LogP contribution in [0.3, 0.4) is 0 Å². The minimum atomic E-state index is -0.444. The average Bonchev–Trinajstić information content (AvgIpc) is 2.82. The molecule has 33 heavy (non-hydrogen) atoms. The van der Waals surface area contributed by atoms with Crippen LogP contribution in [0.25, 0.3) is 22.3 Å². The van der Waals surface area contributed by atoms with Crippen LogP contribution < -0.4 is 9.47 Å². The Hall–Kier alpha value is -4.12. The van der Waals surface area contributed by atoms with Gasteiger partial charge in [0.05, 0.1) is 0 Å². The van der Waals surface area contributed by atoms with Gasteiger partial charge in [-0.3, -0.25) is 0 Å². The van der Waals surface area contributed by atoms with Crippen molar-refractivity contribution in [1.29, 1.82) is 0 Å². The fourth-order valence-corrected chi connectivity index (χ4v) is 2.97. The van der Waals surface area contributed by atoms with E-state index in [-0.39, 0.29) is 13.2 Å². The van der Waals surface area contributed by atoms with Crippen molar-refractivity contribution in [3.8, 4) is 33.8 Å². The quantitative estimate of drug-likeness (QED) is 0.176. The fraction of sp³-hybridized carbons (Fsp3) is 0.143. The fourth-order valence-electron chi connectivity index (χ4n) is 2.97. The first-order chi connectivity index (χ1) is 15.8. The molecule has 0 saturated carbocycles. The molecule has 0 aliphatic rings. The van der Waals surface area contributed by atoms with Crippen molar-refractivity contribution in [3.05, 3.63) is 97.1 Å². The highest BCUT2D eigenvalue weighted by Crippen LogP contribution is 2.29. The lowest BCUT2D eigenvalue weighted by Gasteiger charge is -2.10. The van der Waals surface area contributed by atoms with E-state index in [9.17, 15) is 9.59 Å². The lowest BCUT2D eigenvalue weighted by molar-refractivity contribution is -0.139. The van der Waals surface area contributed by atoms with Gasteiger partial charge < -0.3 is 14.2 Å². The van der Waals surface area contributed by atoms with Gasteiger partial charge in [-0.05, 0) is 66.4 Å². The molecule has 0 amide bonds. The number of carbonyl (C=O) groups excluding carboxylic acids is 2. The summed E-state index contributed by atoms with van der Waals surface area (Å²) in [5.41, 5.74) is 4.78. The summed E-state index contributed by atoms with van der Waals surface area (Å²) >= 11 is 0. The van der Waals surface area contributed by atoms with Gasteiger partial charge in [-0.25, -0.2) is 9.59 Å². The number of rotatable bonds is 9. The van der Waals surface area contributed by atoms with Crippen LogP contribution in [0.5, 0.6) is 11.5 Å². The van der Waals surface area contributed by atoms with E-state index in [0.717, 1.165) is 22.3 Å². The number of hydrogen-bond acceptors (Lipinski definition) is 5. The zero-order valence-electron chi connectivity index (χ0n) is 18.8. The largest absolute Gasteiger partial charge is 0.490 e. The molecule has 3 rings (SSSR count). The molecule has 5 heteroatoms. The highest BCUT2D eigenvalue weighted by molar-refractivity contribution is 5.89. The zero-order chi connectivity index (χ0) is 23.8. The van der Waals surface area contributed by atoms with Crippen LogP contribution >= 0.6 is 0 Å². The summed E-state index contributed by atoms with van der Waals surface area (Å²) in [6, 6.07) is 23.2. The predicted molar refractivity (Wildman–Crippen MR) is 129 cm³/mol. The number of ether oxygens (including phenoxy) is 3. The van der Waals surface area contributed by atoms with E-state index >= 15 is 0 Å². The molecule has 0 fully saturated rings. The third kappa shape index (κ3) is 6.68. The Balaban J connectivity index is 1.68. The summed E-state index contributed by atoms with van der Waals surface area (Å²) in [7, 11) is 0. The summed E-state index contributed by atoms with van der Waals surface area (Å²) in [6.45, 7) is 10.8. The Kier molecular flexibility index (Phi) is 7.82. The molecular formula is C28H26O5. The molecule has 0 saturated heterocycles. The van der Waals surface area contributed by atoms with Crippen LogP contribution in [-0.2, 0) is 14.3 Å². The van der Waals surface area contributed by atoms with E-state index in [0.29, 0.717) is 22.6 Å². The van der Waals surface area contributed by atoms with E-state index in [1.54, 1.807) is 26.0 Å². The number of carbonyl (C=O) groups is 2. The van der Waals surface area contributed by atoms with Crippen molar-refractivity contribution in [2.75, 3.05) is 13.2 Å². The lowest BCUT2D eigenvalue weighted by atomic mass is 9.99. The zero-order valence-corrected chi connectivity index (χ0v) is 18.8. The molecule has 0 spiro atoms. The summed E-state index contributed by atoms with van der Waals surface area (Å²) in [5, 5.41) is 0. The second-order valence-corrected chi connectivity index (χ2v) is 7.57. The highest BCUT2D eigenvalue weighted by atomic mass is 16.6. The Labute approximate surface area is 193 Å². The topological polar surface area (TPSA) is 61.8 Å². The lowest BCUT2D eigenvalue weighted by Crippen LogP contribution is -2.12. The first-order valence-electron chi connectivity index (χ1n) is 10.5. The van der Waals surface area contributed by atoms with Gasteiger partial charge in [0, 0.05) is 11.1 Å². The van der Waals surface area contributed by atoms with Gasteiger partial charge >= 0.3 is 11.9 Å². The summed E-state index contributed by atoms with van der Waals surface area (Å²) in [5.74, 6) is 0.293. The van der Waals surface area contributed by atoms with Gasteiger partial charge in [0.25, 0.3) is 0 Å². The third-order valence-corrected chi connectivity index (χ3v) is 4.71. The predicted octanol–water partition coefficient (Wildman–Crippen LogP) is 6.00. The van der Waals surface area contributed by atoms with Gasteiger partial charge in [-0.1, -0.05) is 55.6 Å². The molecule has 3 aromatic rings. The first kappa shape index (κ1) is 23.5. The van der Waals surface area contributed by atoms with Crippen LogP contribution in [0.2, 0.25) is 0 Å². The molecule has 0 bridgehead atoms. The van der Waals surface area contributed by atoms with Gasteiger partial charge in [0.15, 0.2) is 0 Å². The van der Waals surface area contributed by atoms with Gasteiger partial charge in [-0.15, -0.1) is 0 Å². The smallest absolute Gasteiger partial charge is 0.338 e. The van der Waals surface area contributed by atoms with E-state index in [1.165, 1.54) is 0 Å². The molecule has 5 nitrogen and oxygen atoms in total.